The fourth-order valence-corrected chi connectivity index (χ4v) is 2.01. The second-order valence-corrected chi connectivity index (χ2v) is 4.45. The molecule has 0 aliphatic heterocycles. The maximum atomic E-state index is 10.9. The van der Waals surface area contributed by atoms with Crippen molar-refractivity contribution in [3.05, 3.63) is 17.6 Å². The minimum Gasteiger partial charge on any atom is -0.480 e. The summed E-state index contributed by atoms with van der Waals surface area (Å²) in [6.45, 7) is 2.61. The van der Waals surface area contributed by atoms with Gasteiger partial charge in [-0.05, 0) is 19.9 Å². The molecule has 0 unspecified atom stereocenters. The van der Waals surface area contributed by atoms with Crippen LogP contribution in [0.15, 0.2) is 6.07 Å². The van der Waals surface area contributed by atoms with Gasteiger partial charge in [-0.25, -0.2) is 9.97 Å². The Morgan fingerprint density at radius 3 is 2.35 bits per heavy atom. The number of aryl methyl sites for hydroxylation is 2. The van der Waals surface area contributed by atoms with E-state index in [2.05, 4.69) is 15.0 Å². The topological polar surface area (TPSA) is 119 Å². The first-order valence-electron chi connectivity index (χ1n) is 5.89. The van der Waals surface area contributed by atoms with Gasteiger partial charge in [-0.15, -0.1) is 0 Å². The Morgan fingerprint density at radius 1 is 1.20 bits per heavy atom. The second kappa shape index (κ2) is 5.16. The van der Waals surface area contributed by atoms with Crippen molar-refractivity contribution in [1.29, 1.82) is 0 Å². The molecule has 0 radical (unpaired) electrons. The fraction of sp³-hybridized carbons (Fsp3) is 0.333. The van der Waals surface area contributed by atoms with Gasteiger partial charge in [0.1, 0.15) is 30.4 Å². The maximum absolute atomic E-state index is 10.9. The van der Waals surface area contributed by atoms with Crippen LogP contribution in [0.3, 0.4) is 0 Å². The molecule has 0 fully saturated rings. The number of hydrogen-bond acceptors (Lipinski definition) is 5. The van der Waals surface area contributed by atoms with Crippen molar-refractivity contribution in [3.63, 3.8) is 0 Å². The van der Waals surface area contributed by atoms with Gasteiger partial charge in [0, 0.05) is 5.69 Å². The predicted octanol–water partition coefficient (Wildman–Crippen LogP) is 0.550. The lowest BCUT2D eigenvalue weighted by Crippen LogP contribution is -2.35. The smallest absolute Gasteiger partial charge is 0.323 e. The highest BCUT2D eigenvalue weighted by atomic mass is 16.4. The highest BCUT2D eigenvalue weighted by Gasteiger charge is 2.19. The van der Waals surface area contributed by atoms with Gasteiger partial charge in [0.25, 0.3) is 0 Å². The number of nitrogens with one attached hydrogen (secondary N) is 1. The quantitative estimate of drug-likeness (QED) is 0.730. The average Bonchev–Trinajstić information content (AvgIpc) is 2.65. The Labute approximate surface area is 114 Å². The van der Waals surface area contributed by atoms with Crippen molar-refractivity contribution in [2.24, 2.45) is 0 Å². The Balaban J connectivity index is 2.55. The molecule has 0 aliphatic carbocycles. The summed E-state index contributed by atoms with van der Waals surface area (Å²) in [6, 6.07) is 1.76. The van der Waals surface area contributed by atoms with E-state index in [4.69, 9.17) is 10.2 Å². The predicted molar refractivity (Wildman–Crippen MR) is 70.8 cm³/mol. The van der Waals surface area contributed by atoms with Crippen LogP contribution < -0.4 is 4.90 Å². The fourth-order valence-electron chi connectivity index (χ4n) is 2.01. The van der Waals surface area contributed by atoms with Crippen LogP contribution in [0.1, 0.15) is 11.5 Å². The Hall–Kier alpha value is -2.64. The number of nitrogens with zero attached hydrogens (tertiary/aromatic N) is 3. The van der Waals surface area contributed by atoms with Crippen molar-refractivity contribution in [3.8, 4) is 0 Å². The summed E-state index contributed by atoms with van der Waals surface area (Å²) in [5.74, 6) is -1.50. The second-order valence-electron chi connectivity index (χ2n) is 4.45. The number of anilines is 1. The molecule has 2 aromatic heterocycles. The Kier molecular flexibility index (Phi) is 3.55. The summed E-state index contributed by atoms with van der Waals surface area (Å²) in [5, 5.41) is 18.4. The summed E-state index contributed by atoms with van der Waals surface area (Å²) < 4.78 is 0. The summed E-state index contributed by atoms with van der Waals surface area (Å²) in [7, 11) is 0. The summed E-state index contributed by atoms with van der Waals surface area (Å²) in [6.07, 6.45) is 0. The highest BCUT2D eigenvalue weighted by Crippen LogP contribution is 2.24. The van der Waals surface area contributed by atoms with Gasteiger partial charge < -0.3 is 20.1 Å². The van der Waals surface area contributed by atoms with Crippen molar-refractivity contribution in [2.45, 2.75) is 13.8 Å². The van der Waals surface area contributed by atoms with E-state index in [0.29, 0.717) is 22.7 Å². The first kappa shape index (κ1) is 13.8. The van der Waals surface area contributed by atoms with E-state index in [-0.39, 0.29) is 0 Å². The number of carbonyl (C=O) groups is 2. The molecule has 20 heavy (non-hydrogen) atoms. The minimum absolute atomic E-state index is 0.307. The molecule has 8 nitrogen and oxygen atoms in total. The number of fused-ring (bicyclic) bond motifs is 1. The van der Waals surface area contributed by atoms with E-state index in [0.717, 1.165) is 5.69 Å². The molecule has 0 saturated heterocycles. The zero-order chi connectivity index (χ0) is 14.9. The van der Waals surface area contributed by atoms with Crippen molar-refractivity contribution in [1.82, 2.24) is 15.0 Å². The first-order valence-corrected chi connectivity index (χ1v) is 5.89. The SMILES string of the molecule is Cc1nc(N(CC(=O)O)CC(=O)O)c2cc(C)[nH]c2n1. The molecule has 0 bridgehead atoms. The van der Waals surface area contributed by atoms with Crippen molar-refractivity contribution in [2.75, 3.05) is 18.0 Å². The summed E-state index contributed by atoms with van der Waals surface area (Å²) in [4.78, 5) is 34.4. The number of H-pyrrole nitrogens is 1. The molecule has 0 atom stereocenters. The Bertz CT molecular complexity index is 663. The number of rotatable bonds is 5. The molecule has 2 aromatic rings. The zero-order valence-electron chi connectivity index (χ0n) is 11.0. The van der Waals surface area contributed by atoms with E-state index in [1.54, 1.807) is 13.0 Å². The van der Waals surface area contributed by atoms with E-state index in [1.165, 1.54) is 4.90 Å². The molecule has 2 heterocycles. The van der Waals surface area contributed by atoms with E-state index >= 15 is 0 Å². The summed E-state index contributed by atoms with van der Waals surface area (Å²) >= 11 is 0. The maximum Gasteiger partial charge on any atom is 0.323 e. The average molecular weight is 278 g/mol. The van der Waals surface area contributed by atoms with Gasteiger partial charge >= 0.3 is 11.9 Å². The molecule has 8 heteroatoms. The minimum atomic E-state index is -1.12. The molecular weight excluding hydrogens is 264 g/mol. The molecule has 0 aliphatic rings. The van der Waals surface area contributed by atoms with Gasteiger partial charge in [0.15, 0.2) is 0 Å². The van der Waals surface area contributed by atoms with Crippen LogP contribution >= 0.6 is 0 Å². The monoisotopic (exact) mass is 278 g/mol. The van der Waals surface area contributed by atoms with Crippen LogP contribution in [0.25, 0.3) is 11.0 Å². The van der Waals surface area contributed by atoms with Gasteiger partial charge in [0.05, 0.1) is 5.39 Å². The number of hydrogen-bond donors (Lipinski definition) is 3. The van der Waals surface area contributed by atoms with Crippen LogP contribution in [0.5, 0.6) is 0 Å². The van der Waals surface area contributed by atoms with E-state index < -0.39 is 25.0 Å². The molecular formula is C12H14N4O4. The number of aromatic nitrogens is 3. The lowest BCUT2D eigenvalue weighted by Gasteiger charge is -2.20. The van der Waals surface area contributed by atoms with Crippen molar-refractivity contribution >= 4 is 28.8 Å². The van der Waals surface area contributed by atoms with Crippen LogP contribution in [0, 0.1) is 13.8 Å². The van der Waals surface area contributed by atoms with Crippen LogP contribution in [-0.4, -0.2) is 50.2 Å². The van der Waals surface area contributed by atoms with Gasteiger partial charge in [-0.1, -0.05) is 0 Å². The summed E-state index contributed by atoms with van der Waals surface area (Å²) in [5.41, 5.74) is 1.40. The third-order valence-corrected chi connectivity index (χ3v) is 2.67. The number of aliphatic carboxylic acids is 2. The van der Waals surface area contributed by atoms with Crippen LogP contribution in [0.4, 0.5) is 5.82 Å². The number of carboxylic acids is 2. The van der Waals surface area contributed by atoms with Crippen LogP contribution in [0.2, 0.25) is 0 Å². The van der Waals surface area contributed by atoms with E-state index in [1.807, 2.05) is 6.92 Å². The van der Waals surface area contributed by atoms with Gasteiger partial charge in [-0.3, -0.25) is 9.59 Å². The zero-order valence-corrected chi connectivity index (χ0v) is 11.0. The third-order valence-electron chi connectivity index (χ3n) is 2.67. The molecule has 0 saturated carbocycles. The van der Waals surface area contributed by atoms with Gasteiger partial charge in [0.2, 0.25) is 0 Å². The highest BCUT2D eigenvalue weighted by molar-refractivity contribution is 5.91. The molecule has 0 spiro atoms. The van der Waals surface area contributed by atoms with Crippen LogP contribution in [-0.2, 0) is 9.59 Å². The third kappa shape index (κ3) is 2.85. The molecule has 0 amide bonds. The normalized spacial score (nSPS) is 10.7. The molecule has 2 rings (SSSR count). The largest absolute Gasteiger partial charge is 0.480 e. The number of carboxylic acid groups (broad SMARTS) is 2. The Morgan fingerprint density at radius 2 is 1.80 bits per heavy atom. The lowest BCUT2D eigenvalue weighted by atomic mass is 10.3. The first-order chi connectivity index (χ1) is 9.36. The molecule has 0 aromatic carbocycles. The van der Waals surface area contributed by atoms with E-state index in [9.17, 15) is 9.59 Å². The molecule has 3 N–H and O–H groups in total. The lowest BCUT2D eigenvalue weighted by molar-refractivity contribution is -0.136. The number of aromatic amines is 1. The van der Waals surface area contributed by atoms with Crippen molar-refractivity contribution < 1.29 is 19.8 Å². The molecule has 106 valence electrons. The standard InChI is InChI=1S/C12H14N4O4/c1-6-3-8-11(13-6)14-7(2)15-12(8)16(4-9(17)18)5-10(19)20/h3H,4-5H2,1-2H3,(H,17,18)(H,19,20)(H,13,14,15). The van der Waals surface area contributed by atoms with Gasteiger partial charge in [-0.2, -0.15) is 0 Å².